The number of halogens is 3. The number of alkyl halides is 3. The molecule has 0 atom stereocenters. The minimum Gasteiger partial charge on any atom is -0.406 e. The van der Waals surface area contributed by atoms with Gasteiger partial charge >= 0.3 is 6.36 Å². The number of ether oxygens (including phenoxy) is 1. The van der Waals surface area contributed by atoms with Crippen LogP contribution in [0, 0.1) is 18.3 Å². The number of benzene rings is 1. The smallest absolute Gasteiger partial charge is 0.406 e. The van der Waals surface area contributed by atoms with Crippen molar-refractivity contribution in [3.05, 3.63) is 41.7 Å². The molecule has 0 N–H and O–H groups in total. The summed E-state index contributed by atoms with van der Waals surface area (Å²) in [6, 6.07) is 7.33. The minimum absolute atomic E-state index is 0.137. The van der Waals surface area contributed by atoms with Crippen LogP contribution in [0.25, 0.3) is 11.1 Å². The lowest BCUT2D eigenvalue weighted by Crippen LogP contribution is -2.17. The number of rotatable bonds is 2. The third kappa shape index (κ3) is 3.23. The zero-order valence-electron chi connectivity index (χ0n) is 10.3. The average molecular weight is 279 g/mol. The van der Waals surface area contributed by atoms with Gasteiger partial charge < -0.3 is 4.74 Å². The quantitative estimate of drug-likeness (QED) is 0.846. The summed E-state index contributed by atoms with van der Waals surface area (Å²) in [6.45, 7) is 1.64. The summed E-state index contributed by atoms with van der Waals surface area (Å²) in [5.74, 6) is -0.290. The zero-order valence-corrected chi connectivity index (χ0v) is 10.3. The second-order valence-corrected chi connectivity index (χ2v) is 3.97. The number of hydrogen-bond donors (Lipinski definition) is 0. The predicted molar refractivity (Wildman–Crippen MR) is 63.6 cm³/mol. The number of hydrogen-bond acceptors (Lipinski definition) is 4. The van der Waals surface area contributed by atoms with Gasteiger partial charge in [0.2, 0.25) is 0 Å². The van der Waals surface area contributed by atoms with E-state index in [4.69, 9.17) is 5.26 Å². The Morgan fingerprint density at radius 3 is 2.60 bits per heavy atom. The molecule has 2 aromatic rings. The molecule has 0 bridgehead atoms. The van der Waals surface area contributed by atoms with Gasteiger partial charge in [0.1, 0.15) is 11.8 Å². The van der Waals surface area contributed by atoms with Crippen LogP contribution in [0.2, 0.25) is 0 Å². The van der Waals surface area contributed by atoms with Crippen LogP contribution in [0.1, 0.15) is 11.3 Å². The predicted octanol–water partition coefficient (Wildman–Crippen LogP) is 3.22. The van der Waals surface area contributed by atoms with Crippen molar-refractivity contribution in [3.63, 3.8) is 0 Å². The first-order valence-corrected chi connectivity index (χ1v) is 5.48. The SMILES string of the molecule is Cc1cc(OC(F)(F)F)ccc1-c1cnnc(C#N)c1. The number of aryl methyl sites for hydroxylation is 1. The normalized spacial score (nSPS) is 10.9. The first-order chi connectivity index (χ1) is 9.39. The van der Waals surface area contributed by atoms with E-state index in [-0.39, 0.29) is 11.4 Å². The highest BCUT2D eigenvalue weighted by molar-refractivity contribution is 5.68. The Morgan fingerprint density at radius 2 is 2.00 bits per heavy atom. The van der Waals surface area contributed by atoms with Crippen LogP contribution in [-0.4, -0.2) is 16.6 Å². The van der Waals surface area contributed by atoms with Crippen LogP contribution in [0.5, 0.6) is 5.75 Å². The molecule has 102 valence electrons. The van der Waals surface area contributed by atoms with Gasteiger partial charge in [-0.3, -0.25) is 0 Å². The van der Waals surface area contributed by atoms with E-state index in [9.17, 15) is 13.2 Å². The van der Waals surface area contributed by atoms with Gasteiger partial charge in [-0.1, -0.05) is 6.07 Å². The maximum absolute atomic E-state index is 12.1. The molecule has 1 heterocycles. The van der Waals surface area contributed by atoms with Gasteiger partial charge in [-0.15, -0.1) is 18.3 Å². The molecule has 7 heteroatoms. The molecule has 20 heavy (non-hydrogen) atoms. The largest absolute Gasteiger partial charge is 0.573 e. The van der Waals surface area contributed by atoms with Crippen LogP contribution in [0.15, 0.2) is 30.5 Å². The van der Waals surface area contributed by atoms with E-state index in [0.29, 0.717) is 16.7 Å². The molecule has 0 aliphatic carbocycles. The molecule has 0 unspecified atom stereocenters. The van der Waals surface area contributed by atoms with Crippen LogP contribution in [-0.2, 0) is 0 Å². The summed E-state index contributed by atoms with van der Waals surface area (Å²) < 4.78 is 40.2. The molecule has 1 aromatic carbocycles. The lowest BCUT2D eigenvalue weighted by atomic mass is 10.0. The summed E-state index contributed by atoms with van der Waals surface area (Å²) in [4.78, 5) is 0. The molecule has 0 saturated heterocycles. The Kier molecular flexibility index (Phi) is 3.57. The van der Waals surface area contributed by atoms with E-state index >= 15 is 0 Å². The monoisotopic (exact) mass is 279 g/mol. The second-order valence-electron chi connectivity index (χ2n) is 3.97. The van der Waals surface area contributed by atoms with E-state index in [1.807, 2.05) is 6.07 Å². The van der Waals surface area contributed by atoms with Gasteiger partial charge in [-0.25, -0.2) is 0 Å². The first kappa shape index (κ1) is 13.8. The van der Waals surface area contributed by atoms with Crippen molar-refractivity contribution in [2.45, 2.75) is 13.3 Å². The van der Waals surface area contributed by atoms with Crippen molar-refractivity contribution < 1.29 is 17.9 Å². The van der Waals surface area contributed by atoms with Gasteiger partial charge in [0, 0.05) is 5.56 Å². The van der Waals surface area contributed by atoms with Gasteiger partial charge in [0.25, 0.3) is 0 Å². The molecule has 4 nitrogen and oxygen atoms in total. The fraction of sp³-hybridized carbons (Fsp3) is 0.154. The van der Waals surface area contributed by atoms with Crippen LogP contribution < -0.4 is 4.74 Å². The molecule has 0 amide bonds. The van der Waals surface area contributed by atoms with Crippen LogP contribution in [0.4, 0.5) is 13.2 Å². The molecule has 0 radical (unpaired) electrons. The molecule has 0 saturated carbocycles. The summed E-state index contributed by atoms with van der Waals surface area (Å²) in [7, 11) is 0. The highest BCUT2D eigenvalue weighted by Gasteiger charge is 2.31. The van der Waals surface area contributed by atoms with Crippen molar-refractivity contribution in [2.24, 2.45) is 0 Å². The maximum Gasteiger partial charge on any atom is 0.573 e. The first-order valence-electron chi connectivity index (χ1n) is 5.48. The summed E-state index contributed by atoms with van der Waals surface area (Å²) in [5, 5.41) is 16.0. The van der Waals surface area contributed by atoms with E-state index in [2.05, 4.69) is 14.9 Å². The van der Waals surface area contributed by atoms with Crippen molar-refractivity contribution in [1.29, 1.82) is 5.26 Å². The molecular formula is C13H8F3N3O. The zero-order chi connectivity index (χ0) is 14.8. The topological polar surface area (TPSA) is 58.8 Å². The molecule has 0 aliphatic rings. The van der Waals surface area contributed by atoms with Gasteiger partial charge in [-0.2, -0.15) is 10.4 Å². The molecule has 0 spiro atoms. The molecule has 0 aliphatic heterocycles. The second kappa shape index (κ2) is 5.17. The maximum atomic E-state index is 12.1. The fourth-order valence-electron chi connectivity index (χ4n) is 1.73. The third-order valence-electron chi connectivity index (χ3n) is 2.51. The standard InChI is InChI=1S/C13H8F3N3O/c1-8-4-11(20-13(14,15)16)2-3-12(8)9-5-10(6-17)19-18-7-9/h2-5,7H,1H3. The highest BCUT2D eigenvalue weighted by Crippen LogP contribution is 2.29. The highest BCUT2D eigenvalue weighted by atomic mass is 19.4. The summed E-state index contributed by atoms with van der Waals surface area (Å²) in [5.41, 5.74) is 1.97. The van der Waals surface area contributed by atoms with E-state index in [0.717, 1.165) is 0 Å². The summed E-state index contributed by atoms with van der Waals surface area (Å²) >= 11 is 0. The van der Waals surface area contributed by atoms with E-state index in [1.165, 1.54) is 30.5 Å². The lowest BCUT2D eigenvalue weighted by Gasteiger charge is -2.11. The van der Waals surface area contributed by atoms with Gasteiger partial charge in [0.15, 0.2) is 5.69 Å². The summed E-state index contributed by atoms with van der Waals surface area (Å²) in [6.07, 6.45) is -3.28. The lowest BCUT2D eigenvalue weighted by molar-refractivity contribution is -0.274. The fourth-order valence-corrected chi connectivity index (χ4v) is 1.73. The van der Waals surface area contributed by atoms with Gasteiger partial charge in [-0.05, 0) is 36.2 Å². The van der Waals surface area contributed by atoms with Gasteiger partial charge in [0.05, 0.1) is 6.20 Å². The Bertz CT molecular complexity index is 677. The van der Waals surface area contributed by atoms with E-state index in [1.54, 1.807) is 6.92 Å². The van der Waals surface area contributed by atoms with Crippen molar-refractivity contribution in [1.82, 2.24) is 10.2 Å². The molecule has 2 rings (SSSR count). The molecule has 0 fully saturated rings. The van der Waals surface area contributed by atoms with Crippen molar-refractivity contribution >= 4 is 0 Å². The third-order valence-corrected chi connectivity index (χ3v) is 2.51. The minimum atomic E-state index is -4.72. The van der Waals surface area contributed by atoms with Crippen molar-refractivity contribution in [3.8, 4) is 22.9 Å². The number of nitrogens with zero attached hydrogens (tertiary/aromatic N) is 3. The molecule has 1 aromatic heterocycles. The Labute approximate surface area is 112 Å². The number of nitriles is 1. The Balaban J connectivity index is 2.37. The average Bonchev–Trinajstić information content (AvgIpc) is 2.37. The molecular weight excluding hydrogens is 271 g/mol. The van der Waals surface area contributed by atoms with Crippen LogP contribution in [0.3, 0.4) is 0 Å². The Morgan fingerprint density at radius 1 is 1.25 bits per heavy atom. The van der Waals surface area contributed by atoms with Crippen molar-refractivity contribution in [2.75, 3.05) is 0 Å². The van der Waals surface area contributed by atoms with Crippen LogP contribution >= 0.6 is 0 Å². The number of aromatic nitrogens is 2. The van der Waals surface area contributed by atoms with E-state index < -0.39 is 6.36 Å². The Hall–Kier alpha value is -2.62.